The third kappa shape index (κ3) is 4.74. The highest BCUT2D eigenvalue weighted by molar-refractivity contribution is 7.99. The van der Waals surface area contributed by atoms with Gasteiger partial charge >= 0.3 is 0 Å². The van der Waals surface area contributed by atoms with Crippen molar-refractivity contribution in [2.45, 2.75) is 57.9 Å². The van der Waals surface area contributed by atoms with Gasteiger partial charge in [-0.05, 0) is 24.4 Å². The van der Waals surface area contributed by atoms with E-state index in [2.05, 4.69) is 21.9 Å². The zero-order valence-corrected chi connectivity index (χ0v) is 15.9. The number of halogens is 1. The average molecular weight is 346 g/mol. The molecular weight excluding hydrogens is 318 g/mol. The van der Waals surface area contributed by atoms with Crippen LogP contribution < -0.4 is 4.90 Å². The predicted octanol–water partition coefficient (Wildman–Crippen LogP) is 4.45. The van der Waals surface area contributed by atoms with Crippen molar-refractivity contribution in [2.24, 2.45) is 0 Å². The van der Waals surface area contributed by atoms with E-state index in [-0.39, 0.29) is 0 Å². The van der Waals surface area contributed by atoms with E-state index in [1.54, 1.807) is 0 Å². The van der Waals surface area contributed by atoms with Gasteiger partial charge in [0, 0.05) is 38.5 Å². The lowest BCUT2D eigenvalue weighted by atomic mass is 10.1. The van der Waals surface area contributed by atoms with E-state index < -0.39 is 0 Å². The quantitative estimate of drug-likeness (QED) is 0.740. The molecule has 0 radical (unpaired) electrons. The molecule has 22 heavy (non-hydrogen) atoms. The van der Waals surface area contributed by atoms with Crippen LogP contribution in [0.25, 0.3) is 0 Å². The molecule has 3 heterocycles. The summed E-state index contributed by atoms with van der Waals surface area (Å²) in [6.45, 7) is 9.67. The van der Waals surface area contributed by atoms with Crippen LogP contribution in [0.4, 0.5) is 5.82 Å². The first kappa shape index (κ1) is 19.5. The Morgan fingerprint density at radius 3 is 2.41 bits per heavy atom. The molecule has 2 aliphatic rings. The van der Waals surface area contributed by atoms with Crippen LogP contribution in [-0.4, -0.2) is 42.0 Å². The average Bonchev–Trinajstić information content (AvgIpc) is 3.06. The molecule has 1 aromatic heterocycles. The van der Waals surface area contributed by atoms with Crippen molar-refractivity contribution in [3.05, 3.63) is 11.0 Å². The second-order valence-electron chi connectivity index (χ2n) is 4.64. The van der Waals surface area contributed by atoms with Gasteiger partial charge in [-0.15, -0.1) is 11.8 Å². The Hall–Kier alpha value is -0.520. The Morgan fingerprint density at radius 2 is 1.77 bits per heavy atom. The van der Waals surface area contributed by atoms with E-state index in [4.69, 9.17) is 16.3 Å². The molecule has 126 valence electrons. The number of thioether (sulfide) groups is 1. The molecule has 0 atom stereocenters. The fraction of sp³-hybridized carbons (Fsp3) is 0.750. The fourth-order valence-electron chi connectivity index (χ4n) is 2.51. The minimum atomic E-state index is 0.366. The topological polar surface area (TPSA) is 38.2 Å². The van der Waals surface area contributed by atoms with E-state index in [0.29, 0.717) is 11.3 Å². The molecule has 2 aliphatic heterocycles. The largest absolute Gasteiger partial charge is 0.381 e. The number of fused-ring (bicyclic) bond motifs is 1. The molecule has 0 N–H and O–H groups in total. The molecule has 0 unspecified atom stereocenters. The van der Waals surface area contributed by atoms with Crippen molar-refractivity contribution < 1.29 is 4.74 Å². The molecule has 0 spiro atoms. The molecule has 0 amide bonds. The van der Waals surface area contributed by atoms with Crippen molar-refractivity contribution in [3.63, 3.8) is 0 Å². The molecule has 0 bridgehead atoms. The van der Waals surface area contributed by atoms with Gasteiger partial charge in [0.1, 0.15) is 5.82 Å². The Morgan fingerprint density at radius 1 is 1.14 bits per heavy atom. The highest BCUT2D eigenvalue weighted by atomic mass is 35.5. The molecule has 1 fully saturated rings. The maximum absolute atomic E-state index is 6.03. The number of aryl methyl sites for hydroxylation is 1. The first-order valence-electron chi connectivity index (χ1n) is 8.25. The van der Waals surface area contributed by atoms with Gasteiger partial charge in [0.15, 0.2) is 0 Å². The lowest BCUT2D eigenvalue weighted by molar-refractivity contribution is 0.0852. The summed E-state index contributed by atoms with van der Waals surface area (Å²) in [6, 6.07) is 0.495. The summed E-state index contributed by atoms with van der Waals surface area (Å²) in [4.78, 5) is 12.2. The van der Waals surface area contributed by atoms with Crippen molar-refractivity contribution in [1.29, 1.82) is 0 Å². The Balaban J connectivity index is 0.000000561. The number of rotatable bonds is 2. The zero-order valence-electron chi connectivity index (χ0n) is 14.4. The van der Waals surface area contributed by atoms with E-state index in [9.17, 15) is 0 Å². The van der Waals surface area contributed by atoms with Gasteiger partial charge in [0.25, 0.3) is 0 Å². The standard InChI is InChI=1S/C12H16ClN3OS.2C2H6/c1-16(8-2-5-17-6-3-8)11-10-9(4-7-18-10)14-12(13)15-11;2*1-2/h8H,2-7H2,1H3;2*1-2H3. The summed E-state index contributed by atoms with van der Waals surface area (Å²) in [5.41, 5.74) is 1.11. The van der Waals surface area contributed by atoms with Crippen LogP contribution in [0, 0.1) is 0 Å². The molecule has 1 saturated heterocycles. The van der Waals surface area contributed by atoms with E-state index >= 15 is 0 Å². The van der Waals surface area contributed by atoms with Gasteiger partial charge in [-0.3, -0.25) is 0 Å². The minimum absolute atomic E-state index is 0.366. The third-order valence-corrected chi connectivity index (χ3v) is 4.83. The molecule has 3 rings (SSSR count). The van der Waals surface area contributed by atoms with Gasteiger partial charge < -0.3 is 9.64 Å². The number of hydrogen-bond donors (Lipinski definition) is 0. The first-order valence-corrected chi connectivity index (χ1v) is 9.62. The lowest BCUT2D eigenvalue weighted by Gasteiger charge is -2.32. The Kier molecular flexibility index (Phi) is 9.13. The monoisotopic (exact) mass is 345 g/mol. The second-order valence-corrected chi connectivity index (χ2v) is 6.09. The van der Waals surface area contributed by atoms with Crippen LogP contribution in [0.3, 0.4) is 0 Å². The summed E-state index contributed by atoms with van der Waals surface area (Å²) in [5.74, 6) is 2.08. The fourth-order valence-corrected chi connectivity index (χ4v) is 3.82. The third-order valence-electron chi connectivity index (χ3n) is 3.55. The van der Waals surface area contributed by atoms with Crippen LogP contribution in [0.1, 0.15) is 46.2 Å². The maximum atomic E-state index is 6.03. The Labute approximate surface area is 144 Å². The van der Waals surface area contributed by atoms with Gasteiger partial charge in [0.05, 0.1) is 10.6 Å². The second kappa shape index (κ2) is 10.3. The van der Waals surface area contributed by atoms with E-state index in [0.717, 1.165) is 49.7 Å². The lowest BCUT2D eigenvalue weighted by Crippen LogP contribution is -2.37. The van der Waals surface area contributed by atoms with Crippen LogP contribution in [-0.2, 0) is 11.2 Å². The smallest absolute Gasteiger partial charge is 0.224 e. The highest BCUT2D eigenvalue weighted by Gasteiger charge is 2.26. The maximum Gasteiger partial charge on any atom is 0.224 e. The summed E-state index contributed by atoms with van der Waals surface area (Å²) in [7, 11) is 2.10. The molecule has 0 aromatic carbocycles. The zero-order chi connectivity index (χ0) is 16.5. The summed E-state index contributed by atoms with van der Waals surface area (Å²) in [6.07, 6.45) is 3.10. The van der Waals surface area contributed by atoms with Crippen molar-refractivity contribution in [1.82, 2.24) is 9.97 Å². The van der Waals surface area contributed by atoms with Gasteiger partial charge in [0.2, 0.25) is 5.28 Å². The number of hydrogen-bond acceptors (Lipinski definition) is 5. The number of aromatic nitrogens is 2. The predicted molar refractivity (Wildman–Crippen MR) is 96.4 cm³/mol. The molecule has 0 aliphatic carbocycles. The molecule has 1 aromatic rings. The van der Waals surface area contributed by atoms with Crippen molar-refractivity contribution in [3.8, 4) is 0 Å². The van der Waals surface area contributed by atoms with Gasteiger partial charge in [-0.2, -0.15) is 4.98 Å². The minimum Gasteiger partial charge on any atom is -0.381 e. The van der Waals surface area contributed by atoms with E-state index in [1.165, 1.54) is 4.90 Å². The van der Waals surface area contributed by atoms with Gasteiger partial charge in [-0.1, -0.05) is 27.7 Å². The van der Waals surface area contributed by atoms with Gasteiger partial charge in [-0.25, -0.2) is 4.98 Å². The molecule has 4 nitrogen and oxygen atoms in total. The number of anilines is 1. The summed E-state index contributed by atoms with van der Waals surface area (Å²) in [5, 5.41) is 0.366. The Bertz CT molecular complexity index is 453. The molecule has 6 heteroatoms. The number of ether oxygens (including phenoxy) is 1. The number of nitrogens with zero attached hydrogens (tertiary/aromatic N) is 3. The SMILES string of the molecule is CC.CC.CN(c1nc(Cl)nc2c1SCC2)C1CCOCC1. The van der Waals surface area contributed by atoms with Crippen LogP contribution in [0.15, 0.2) is 4.90 Å². The normalized spacial score (nSPS) is 16.8. The van der Waals surface area contributed by atoms with Crippen molar-refractivity contribution >= 4 is 29.2 Å². The van der Waals surface area contributed by atoms with E-state index in [1.807, 2.05) is 39.5 Å². The summed E-state index contributed by atoms with van der Waals surface area (Å²) < 4.78 is 5.41. The molecular formula is C16H28ClN3OS. The van der Waals surface area contributed by atoms with Crippen LogP contribution in [0.5, 0.6) is 0 Å². The molecule has 0 saturated carbocycles. The highest BCUT2D eigenvalue weighted by Crippen LogP contribution is 2.38. The summed E-state index contributed by atoms with van der Waals surface area (Å²) >= 11 is 7.87. The van der Waals surface area contributed by atoms with Crippen LogP contribution in [0.2, 0.25) is 5.28 Å². The first-order chi connectivity index (χ1) is 10.8. The van der Waals surface area contributed by atoms with Crippen molar-refractivity contribution in [2.75, 3.05) is 30.9 Å². The van der Waals surface area contributed by atoms with Crippen LogP contribution >= 0.6 is 23.4 Å².